The monoisotopic (exact) mass is 282 g/mol. The van der Waals surface area contributed by atoms with E-state index in [1.807, 2.05) is 12.1 Å². The molecule has 0 atom stereocenters. The lowest BCUT2D eigenvalue weighted by atomic mass is 10.1. The minimum atomic E-state index is -3.33. The van der Waals surface area contributed by atoms with Gasteiger partial charge in [-0.25, -0.2) is 13.1 Å². The highest BCUT2D eigenvalue weighted by molar-refractivity contribution is 7.89. The fraction of sp³-hybridized carbons (Fsp3) is 0.571. The van der Waals surface area contributed by atoms with E-state index in [-0.39, 0.29) is 6.04 Å². The number of hydrogen-bond donors (Lipinski definition) is 2. The average molecular weight is 282 g/mol. The second-order valence-electron chi connectivity index (χ2n) is 5.08. The Hall–Kier alpha value is -1.07. The first-order chi connectivity index (χ1) is 9.05. The number of rotatable bonds is 7. The lowest BCUT2D eigenvalue weighted by molar-refractivity contribution is 0.581. The number of hydrogen-bond acceptors (Lipinski definition) is 3. The minimum absolute atomic E-state index is 0.146. The van der Waals surface area contributed by atoms with Crippen molar-refractivity contribution in [1.82, 2.24) is 4.72 Å². The molecule has 2 N–H and O–H groups in total. The number of sulfonamides is 1. The van der Waals surface area contributed by atoms with Gasteiger partial charge in [0, 0.05) is 17.8 Å². The third-order valence-electron chi connectivity index (χ3n) is 3.42. The van der Waals surface area contributed by atoms with Crippen LogP contribution >= 0.6 is 0 Å². The van der Waals surface area contributed by atoms with E-state index in [4.69, 9.17) is 0 Å². The van der Waals surface area contributed by atoms with E-state index in [1.54, 1.807) is 12.1 Å². The first-order valence-electron chi connectivity index (χ1n) is 6.94. The van der Waals surface area contributed by atoms with Gasteiger partial charge in [-0.3, -0.25) is 0 Å². The first-order valence-corrected chi connectivity index (χ1v) is 8.42. The number of nitrogens with one attached hydrogen (secondary N) is 2. The van der Waals surface area contributed by atoms with Crippen molar-refractivity contribution in [2.24, 2.45) is 0 Å². The Balaban J connectivity index is 2.05. The molecule has 0 heterocycles. The quantitative estimate of drug-likeness (QED) is 0.808. The van der Waals surface area contributed by atoms with Gasteiger partial charge >= 0.3 is 0 Å². The highest BCUT2D eigenvalue weighted by Gasteiger charge is 2.27. The lowest BCUT2D eigenvalue weighted by Gasteiger charge is -2.16. The van der Waals surface area contributed by atoms with E-state index in [0.717, 1.165) is 31.4 Å². The number of benzene rings is 1. The molecule has 106 valence electrons. The van der Waals surface area contributed by atoms with Gasteiger partial charge in [0.15, 0.2) is 0 Å². The topological polar surface area (TPSA) is 58.2 Å². The molecule has 4 nitrogen and oxygen atoms in total. The summed E-state index contributed by atoms with van der Waals surface area (Å²) in [6.45, 7) is 4.28. The second-order valence-corrected chi connectivity index (χ2v) is 6.79. The van der Waals surface area contributed by atoms with Crippen LogP contribution in [0, 0.1) is 0 Å². The van der Waals surface area contributed by atoms with Crippen molar-refractivity contribution in [2.45, 2.75) is 56.5 Å². The summed E-state index contributed by atoms with van der Waals surface area (Å²) < 4.78 is 26.7. The zero-order valence-electron chi connectivity index (χ0n) is 11.5. The molecule has 19 heavy (non-hydrogen) atoms. The summed E-state index contributed by atoms with van der Waals surface area (Å²) in [6.07, 6.45) is 4.01. The van der Waals surface area contributed by atoms with E-state index in [2.05, 4.69) is 23.9 Å². The Morgan fingerprint density at radius 2 is 1.74 bits per heavy atom. The summed E-state index contributed by atoms with van der Waals surface area (Å²) in [5.74, 6) is 0. The summed E-state index contributed by atoms with van der Waals surface area (Å²) in [7, 11) is -3.33. The Bertz CT molecular complexity index is 503. The van der Waals surface area contributed by atoms with Gasteiger partial charge in [-0.2, -0.15) is 0 Å². The fourth-order valence-electron chi connectivity index (χ4n) is 1.95. The van der Waals surface area contributed by atoms with Gasteiger partial charge in [0.25, 0.3) is 0 Å². The maximum Gasteiger partial charge on any atom is 0.240 e. The summed E-state index contributed by atoms with van der Waals surface area (Å²) in [5, 5.41) is 3.39. The molecular weight excluding hydrogens is 260 g/mol. The molecular formula is C14H22N2O2S. The predicted molar refractivity (Wildman–Crippen MR) is 77.8 cm³/mol. The van der Waals surface area contributed by atoms with Crippen LogP contribution < -0.4 is 10.0 Å². The standard InChI is InChI=1S/C14H22N2O2S/c1-3-11(4-2)15-12-7-9-14(10-8-12)19(17,18)16-13-5-6-13/h7-11,13,15-16H,3-6H2,1-2H3. The van der Waals surface area contributed by atoms with Gasteiger partial charge < -0.3 is 5.32 Å². The molecule has 0 saturated heterocycles. The average Bonchev–Trinajstić information content (AvgIpc) is 3.19. The molecule has 1 aromatic rings. The maximum atomic E-state index is 12.0. The molecule has 0 amide bonds. The van der Waals surface area contributed by atoms with Crippen molar-refractivity contribution in [3.05, 3.63) is 24.3 Å². The molecule has 1 aliphatic carbocycles. The van der Waals surface area contributed by atoms with Gasteiger partial charge in [-0.05, 0) is 49.9 Å². The summed E-state index contributed by atoms with van der Waals surface area (Å²) in [6, 6.07) is 7.57. The van der Waals surface area contributed by atoms with Crippen LogP contribution in [-0.4, -0.2) is 20.5 Å². The van der Waals surface area contributed by atoms with E-state index in [1.165, 1.54) is 0 Å². The van der Waals surface area contributed by atoms with Crippen molar-refractivity contribution in [3.63, 3.8) is 0 Å². The molecule has 1 fully saturated rings. The molecule has 1 saturated carbocycles. The van der Waals surface area contributed by atoms with E-state index in [0.29, 0.717) is 10.9 Å². The summed E-state index contributed by atoms with van der Waals surface area (Å²) >= 11 is 0. The lowest BCUT2D eigenvalue weighted by Crippen LogP contribution is -2.25. The van der Waals surface area contributed by atoms with Crippen LogP contribution in [0.4, 0.5) is 5.69 Å². The first kappa shape index (κ1) is 14.3. The second kappa shape index (κ2) is 5.92. The van der Waals surface area contributed by atoms with Crippen LogP contribution in [0.5, 0.6) is 0 Å². The normalized spacial score (nSPS) is 15.7. The van der Waals surface area contributed by atoms with E-state index < -0.39 is 10.0 Å². The highest BCUT2D eigenvalue weighted by Crippen LogP contribution is 2.23. The fourth-order valence-corrected chi connectivity index (χ4v) is 3.25. The van der Waals surface area contributed by atoms with Crippen molar-refractivity contribution in [2.75, 3.05) is 5.32 Å². The molecule has 0 bridgehead atoms. The zero-order chi connectivity index (χ0) is 13.9. The van der Waals surface area contributed by atoms with Crippen molar-refractivity contribution in [1.29, 1.82) is 0 Å². The van der Waals surface area contributed by atoms with Crippen LogP contribution in [-0.2, 0) is 10.0 Å². The molecule has 0 aromatic heterocycles. The zero-order valence-corrected chi connectivity index (χ0v) is 12.3. The molecule has 0 radical (unpaired) electrons. The van der Waals surface area contributed by atoms with Crippen molar-refractivity contribution in [3.8, 4) is 0 Å². The predicted octanol–water partition coefficient (Wildman–Crippen LogP) is 2.73. The van der Waals surface area contributed by atoms with Gasteiger partial charge in [-0.1, -0.05) is 13.8 Å². The van der Waals surface area contributed by atoms with Crippen LogP contribution in [0.1, 0.15) is 39.5 Å². The van der Waals surface area contributed by atoms with Gasteiger partial charge in [0.1, 0.15) is 0 Å². The van der Waals surface area contributed by atoms with E-state index >= 15 is 0 Å². The maximum absolute atomic E-state index is 12.0. The number of anilines is 1. The summed E-state index contributed by atoms with van der Waals surface area (Å²) in [4.78, 5) is 0.342. The summed E-state index contributed by atoms with van der Waals surface area (Å²) in [5.41, 5.74) is 0.971. The minimum Gasteiger partial charge on any atom is -0.382 e. The van der Waals surface area contributed by atoms with Crippen LogP contribution in [0.3, 0.4) is 0 Å². The third-order valence-corrected chi connectivity index (χ3v) is 4.96. The molecule has 1 aromatic carbocycles. The van der Waals surface area contributed by atoms with Gasteiger partial charge in [0.2, 0.25) is 10.0 Å². The molecule has 0 unspecified atom stereocenters. The SMILES string of the molecule is CCC(CC)Nc1ccc(S(=O)(=O)NC2CC2)cc1. The molecule has 2 rings (SSSR count). The van der Waals surface area contributed by atoms with Crippen molar-refractivity contribution < 1.29 is 8.42 Å². The Morgan fingerprint density at radius 3 is 2.21 bits per heavy atom. The molecule has 1 aliphatic rings. The smallest absolute Gasteiger partial charge is 0.240 e. The molecule has 5 heteroatoms. The Kier molecular flexibility index (Phi) is 4.47. The largest absolute Gasteiger partial charge is 0.382 e. The van der Waals surface area contributed by atoms with Crippen molar-refractivity contribution >= 4 is 15.7 Å². The Morgan fingerprint density at radius 1 is 1.16 bits per heavy atom. The van der Waals surface area contributed by atoms with E-state index in [9.17, 15) is 8.42 Å². The highest BCUT2D eigenvalue weighted by atomic mass is 32.2. The van der Waals surface area contributed by atoms with Gasteiger partial charge in [-0.15, -0.1) is 0 Å². The van der Waals surface area contributed by atoms with Crippen LogP contribution in [0.15, 0.2) is 29.2 Å². The molecule has 0 aliphatic heterocycles. The van der Waals surface area contributed by atoms with Crippen LogP contribution in [0.25, 0.3) is 0 Å². The third kappa shape index (κ3) is 3.94. The van der Waals surface area contributed by atoms with Gasteiger partial charge in [0.05, 0.1) is 4.90 Å². The Labute approximate surface area is 115 Å². The van der Waals surface area contributed by atoms with Crippen LogP contribution in [0.2, 0.25) is 0 Å². The molecule has 0 spiro atoms.